The number of hydrogen-bond donors (Lipinski definition) is 3. The van der Waals surface area contributed by atoms with Crippen molar-refractivity contribution in [2.75, 3.05) is 26.4 Å². The van der Waals surface area contributed by atoms with Crippen molar-refractivity contribution in [3.8, 4) is 0 Å². The van der Waals surface area contributed by atoms with Gasteiger partial charge in [0.1, 0.15) is 6.61 Å². The summed E-state index contributed by atoms with van der Waals surface area (Å²) in [6, 6.07) is 0. The van der Waals surface area contributed by atoms with Crippen LogP contribution in [0.3, 0.4) is 0 Å². The van der Waals surface area contributed by atoms with E-state index in [0.717, 1.165) is 32.1 Å². The van der Waals surface area contributed by atoms with Crippen LogP contribution < -0.4 is 5.73 Å². The van der Waals surface area contributed by atoms with Crippen LogP contribution in [-0.2, 0) is 27.9 Å². The second-order valence-corrected chi connectivity index (χ2v) is 14.5. The predicted molar refractivity (Wildman–Crippen MR) is 220 cm³/mol. The molecule has 0 aromatic carbocycles. The molecule has 0 amide bonds. The molecule has 0 aromatic heterocycles. The van der Waals surface area contributed by atoms with Crippen LogP contribution in [0.15, 0.2) is 85.3 Å². The molecule has 0 spiro atoms. The highest BCUT2D eigenvalue weighted by atomic mass is 31.2. The van der Waals surface area contributed by atoms with E-state index in [-0.39, 0.29) is 32.8 Å². The van der Waals surface area contributed by atoms with Gasteiger partial charge in [-0.2, -0.15) is 0 Å². The second kappa shape index (κ2) is 39.2. The number of ether oxygens (including phenoxy) is 2. The Kier molecular flexibility index (Phi) is 37.3. The van der Waals surface area contributed by atoms with Crippen LogP contribution in [0.5, 0.6) is 0 Å². The first-order valence-electron chi connectivity index (χ1n) is 20.2. The summed E-state index contributed by atoms with van der Waals surface area (Å²) in [5, 5.41) is 10.0. The first-order valence-corrected chi connectivity index (χ1v) is 21.7. The number of aliphatic hydroxyl groups is 1. The molecule has 0 bridgehead atoms. The average molecular weight is 764 g/mol. The third-order valence-electron chi connectivity index (χ3n) is 7.94. The van der Waals surface area contributed by atoms with E-state index < -0.39 is 26.0 Å². The second-order valence-electron chi connectivity index (χ2n) is 13.0. The lowest BCUT2D eigenvalue weighted by Crippen LogP contribution is -2.27. The van der Waals surface area contributed by atoms with Gasteiger partial charge in [-0.15, -0.1) is 0 Å². The van der Waals surface area contributed by atoms with Gasteiger partial charge in [-0.3, -0.25) is 13.8 Å². The molecule has 0 heterocycles. The molecule has 0 aliphatic rings. The molecule has 0 saturated heterocycles. The number of hydrogen-bond acceptors (Lipinski definition) is 8. The van der Waals surface area contributed by atoms with Crippen molar-refractivity contribution in [3.05, 3.63) is 85.3 Å². The molecule has 0 aromatic rings. The minimum Gasteiger partial charge on any atom is -0.498 e. The lowest BCUT2D eigenvalue weighted by Gasteiger charge is -2.19. The van der Waals surface area contributed by atoms with Crippen molar-refractivity contribution in [1.29, 1.82) is 0 Å². The number of carbonyl (C=O) groups is 1. The number of unbranched alkanes of at least 4 members (excludes halogenated alkanes) is 12. The third-order valence-corrected chi connectivity index (χ3v) is 8.93. The molecule has 3 atom stereocenters. The van der Waals surface area contributed by atoms with E-state index in [2.05, 4.69) is 44.2 Å². The zero-order valence-corrected chi connectivity index (χ0v) is 34.0. The van der Waals surface area contributed by atoms with Gasteiger partial charge in [-0.25, -0.2) is 4.57 Å². The Morgan fingerprint density at radius 2 is 1.30 bits per heavy atom. The zero-order valence-electron chi connectivity index (χ0n) is 33.1. The Balaban J connectivity index is 4.33. The van der Waals surface area contributed by atoms with Crippen molar-refractivity contribution >= 4 is 13.8 Å². The molecule has 0 fully saturated rings. The van der Waals surface area contributed by atoms with Crippen molar-refractivity contribution in [2.24, 2.45) is 5.73 Å². The highest BCUT2D eigenvalue weighted by Gasteiger charge is 2.25. The quantitative estimate of drug-likeness (QED) is 0.0141. The third kappa shape index (κ3) is 39.0. The zero-order chi connectivity index (χ0) is 38.9. The molecule has 10 heteroatoms. The van der Waals surface area contributed by atoms with E-state index in [9.17, 15) is 19.4 Å². The van der Waals surface area contributed by atoms with Gasteiger partial charge < -0.3 is 25.2 Å². The Labute approximate surface area is 322 Å². The molecule has 0 aliphatic heterocycles. The number of carbonyl (C=O) groups excluding carboxylic acids is 1. The monoisotopic (exact) mass is 764 g/mol. The van der Waals surface area contributed by atoms with Gasteiger partial charge in [0.15, 0.2) is 6.10 Å². The molecule has 0 saturated carbocycles. The summed E-state index contributed by atoms with van der Waals surface area (Å²) in [6.07, 6.45) is 47.3. The van der Waals surface area contributed by atoms with Crippen LogP contribution in [0.2, 0.25) is 0 Å². The van der Waals surface area contributed by atoms with Gasteiger partial charge in [0.25, 0.3) is 0 Å². The molecule has 0 aliphatic carbocycles. The standard InChI is InChI=1S/C43H74NO8P/c1-3-5-7-9-11-12-13-14-15-16-17-18-21-24-28-32-37-49-39-42(40-51-53(47,48)50-38-36-44)52-43(46)35-31-27-23-20-19-22-26-30-34-41(45)33-29-25-10-8-6-4-2/h6,8,12-13,20,22-23,25-26,29-30,32,34,37,41-42,45H,3-5,7,9-11,14-19,21,24,27-28,31,33,35-36,38-40,44H2,1-2H3,(H,47,48)/b8-6-,13-12-,23-20-,26-22-,29-25-,34-30+,37-32+/t41?,42-/m1/s1. The molecular formula is C43H74NO8P. The summed E-state index contributed by atoms with van der Waals surface area (Å²) in [4.78, 5) is 22.4. The molecule has 2 unspecified atom stereocenters. The number of allylic oxidation sites excluding steroid dienone is 11. The van der Waals surface area contributed by atoms with E-state index in [0.29, 0.717) is 19.3 Å². The van der Waals surface area contributed by atoms with Crippen molar-refractivity contribution < 1.29 is 37.9 Å². The Hall–Kier alpha value is -2.52. The number of esters is 1. The van der Waals surface area contributed by atoms with Crippen LogP contribution in [0.4, 0.5) is 0 Å². The Bertz CT molecular complexity index is 1100. The van der Waals surface area contributed by atoms with Crippen LogP contribution in [0.1, 0.15) is 142 Å². The van der Waals surface area contributed by atoms with Gasteiger partial charge in [0.05, 0.1) is 25.6 Å². The highest BCUT2D eigenvalue weighted by molar-refractivity contribution is 7.47. The van der Waals surface area contributed by atoms with Gasteiger partial charge in [-0.1, -0.05) is 132 Å². The largest absolute Gasteiger partial charge is 0.498 e. The average Bonchev–Trinajstić information content (AvgIpc) is 3.14. The van der Waals surface area contributed by atoms with Crippen molar-refractivity contribution in [1.82, 2.24) is 0 Å². The van der Waals surface area contributed by atoms with E-state index >= 15 is 0 Å². The maximum absolute atomic E-state index is 12.5. The smallest absolute Gasteiger partial charge is 0.472 e. The molecule has 53 heavy (non-hydrogen) atoms. The molecule has 0 radical (unpaired) electrons. The van der Waals surface area contributed by atoms with E-state index in [4.69, 9.17) is 24.3 Å². The fourth-order valence-corrected chi connectivity index (χ4v) is 5.72. The minimum atomic E-state index is -4.33. The number of phosphoric acid groups is 1. The van der Waals surface area contributed by atoms with Gasteiger partial charge in [0, 0.05) is 13.0 Å². The van der Waals surface area contributed by atoms with Gasteiger partial charge in [-0.05, 0) is 83.1 Å². The summed E-state index contributed by atoms with van der Waals surface area (Å²) < 4.78 is 33.0. The summed E-state index contributed by atoms with van der Waals surface area (Å²) in [5.74, 6) is -0.440. The number of phosphoric ester groups is 1. The highest BCUT2D eigenvalue weighted by Crippen LogP contribution is 2.43. The van der Waals surface area contributed by atoms with Crippen LogP contribution in [-0.4, -0.2) is 54.5 Å². The Morgan fingerprint density at radius 1 is 0.698 bits per heavy atom. The molecule has 0 rings (SSSR count). The summed E-state index contributed by atoms with van der Waals surface area (Å²) in [7, 11) is -4.33. The number of rotatable bonds is 37. The Morgan fingerprint density at radius 3 is 2.00 bits per heavy atom. The van der Waals surface area contributed by atoms with E-state index in [1.54, 1.807) is 12.3 Å². The first-order chi connectivity index (χ1) is 25.8. The predicted octanol–water partition coefficient (Wildman–Crippen LogP) is 11.1. The molecule has 4 N–H and O–H groups in total. The fourth-order valence-electron chi connectivity index (χ4n) is 4.96. The van der Waals surface area contributed by atoms with Crippen LogP contribution >= 0.6 is 7.82 Å². The maximum Gasteiger partial charge on any atom is 0.472 e. The fraction of sp³-hybridized carbons (Fsp3) is 0.651. The molecular weight excluding hydrogens is 689 g/mol. The summed E-state index contributed by atoms with van der Waals surface area (Å²) >= 11 is 0. The van der Waals surface area contributed by atoms with Crippen molar-refractivity contribution in [2.45, 2.75) is 154 Å². The van der Waals surface area contributed by atoms with Crippen LogP contribution in [0, 0.1) is 0 Å². The first kappa shape index (κ1) is 50.5. The molecule has 9 nitrogen and oxygen atoms in total. The summed E-state index contributed by atoms with van der Waals surface area (Å²) in [5.41, 5.74) is 5.34. The molecule has 304 valence electrons. The lowest BCUT2D eigenvalue weighted by molar-refractivity contribution is -0.153. The minimum absolute atomic E-state index is 0.0165. The SMILES string of the molecule is CC/C=C\C/C=C\CC(O)/C=C/C=C\C/C=C\CCCC(=O)O[C@H](CO/C=C/CCCCCCCC/C=C\CCCCCC)COP(=O)(O)OCCN. The summed E-state index contributed by atoms with van der Waals surface area (Å²) in [6.45, 7) is 3.92. The normalized spacial score (nSPS) is 15.0. The van der Waals surface area contributed by atoms with Crippen molar-refractivity contribution in [3.63, 3.8) is 0 Å². The lowest BCUT2D eigenvalue weighted by atomic mass is 10.1. The van der Waals surface area contributed by atoms with Crippen LogP contribution in [0.25, 0.3) is 0 Å². The number of aliphatic hydroxyl groups excluding tert-OH is 1. The van der Waals surface area contributed by atoms with Gasteiger partial charge >= 0.3 is 13.8 Å². The van der Waals surface area contributed by atoms with Gasteiger partial charge in [0.2, 0.25) is 0 Å². The maximum atomic E-state index is 12.5. The van der Waals surface area contributed by atoms with E-state index in [1.807, 2.05) is 42.5 Å². The van der Waals surface area contributed by atoms with E-state index in [1.165, 1.54) is 70.6 Å². The topological polar surface area (TPSA) is 138 Å². The number of nitrogens with two attached hydrogens (primary N) is 1.